The van der Waals surface area contributed by atoms with Crippen molar-refractivity contribution in [3.05, 3.63) is 87.4 Å². The van der Waals surface area contributed by atoms with Crippen molar-refractivity contribution in [3.8, 4) is 11.5 Å². The van der Waals surface area contributed by atoms with Crippen LogP contribution in [0.4, 0.5) is 5.69 Å². The van der Waals surface area contributed by atoms with Gasteiger partial charge in [-0.3, -0.25) is 0 Å². The Bertz CT molecular complexity index is 959. The lowest BCUT2D eigenvalue weighted by molar-refractivity contribution is 0.269. The number of aryl methyl sites for hydroxylation is 1. The van der Waals surface area contributed by atoms with Gasteiger partial charge in [0.15, 0.2) is 11.5 Å². The fourth-order valence-electron chi connectivity index (χ4n) is 3.04. The van der Waals surface area contributed by atoms with Crippen LogP contribution in [0.1, 0.15) is 30.5 Å². The average Bonchev–Trinajstić information content (AvgIpc) is 2.73. The van der Waals surface area contributed by atoms with Gasteiger partial charge < -0.3 is 14.8 Å². The van der Waals surface area contributed by atoms with Crippen LogP contribution in [0.3, 0.4) is 0 Å². The van der Waals surface area contributed by atoms with Crippen molar-refractivity contribution in [1.29, 1.82) is 0 Å². The van der Waals surface area contributed by atoms with Gasteiger partial charge >= 0.3 is 0 Å². The Labute approximate surface area is 182 Å². The summed E-state index contributed by atoms with van der Waals surface area (Å²) in [4.78, 5) is 0. The molecule has 3 aromatic rings. The van der Waals surface area contributed by atoms with Crippen LogP contribution < -0.4 is 14.8 Å². The molecule has 152 valence electrons. The number of halogens is 2. The van der Waals surface area contributed by atoms with E-state index in [-0.39, 0.29) is 0 Å². The van der Waals surface area contributed by atoms with E-state index in [1.165, 1.54) is 5.56 Å². The third kappa shape index (κ3) is 5.81. The summed E-state index contributed by atoms with van der Waals surface area (Å²) in [7, 11) is 0. The third-order valence-electron chi connectivity index (χ3n) is 4.59. The van der Waals surface area contributed by atoms with Crippen molar-refractivity contribution in [1.82, 2.24) is 0 Å². The van der Waals surface area contributed by atoms with E-state index in [0.29, 0.717) is 35.6 Å². The van der Waals surface area contributed by atoms with Crippen LogP contribution in [-0.4, -0.2) is 6.61 Å². The first kappa shape index (κ1) is 21.4. The van der Waals surface area contributed by atoms with Crippen LogP contribution in [0, 0.1) is 0 Å². The Balaban J connectivity index is 1.71. The first-order valence-corrected chi connectivity index (χ1v) is 10.5. The quantitative estimate of drug-likeness (QED) is 0.391. The number of para-hydroxylation sites is 1. The molecule has 29 heavy (non-hydrogen) atoms. The molecular weight excluding hydrogens is 405 g/mol. The largest absolute Gasteiger partial charge is 0.490 e. The van der Waals surface area contributed by atoms with Crippen LogP contribution in [0.2, 0.25) is 10.0 Å². The number of hydrogen-bond acceptors (Lipinski definition) is 3. The smallest absolute Gasteiger partial charge is 0.161 e. The normalized spacial score (nSPS) is 10.6. The van der Waals surface area contributed by atoms with Gasteiger partial charge in [-0.15, -0.1) is 0 Å². The predicted molar refractivity (Wildman–Crippen MR) is 122 cm³/mol. The van der Waals surface area contributed by atoms with Crippen molar-refractivity contribution >= 4 is 28.9 Å². The lowest BCUT2D eigenvalue weighted by Gasteiger charge is -2.15. The second kappa shape index (κ2) is 10.4. The molecule has 1 N–H and O–H groups in total. The van der Waals surface area contributed by atoms with E-state index < -0.39 is 0 Å². The minimum absolute atomic E-state index is 0.345. The highest BCUT2D eigenvalue weighted by atomic mass is 35.5. The molecule has 0 aliphatic carbocycles. The van der Waals surface area contributed by atoms with E-state index in [0.717, 1.165) is 29.0 Å². The minimum Gasteiger partial charge on any atom is -0.490 e. The number of ether oxygens (including phenoxy) is 2. The van der Waals surface area contributed by atoms with Crippen molar-refractivity contribution < 1.29 is 9.47 Å². The monoisotopic (exact) mass is 429 g/mol. The summed E-state index contributed by atoms with van der Waals surface area (Å²) in [6, 6.07) is 19.8. The summed E-state index contributed by atoms with van der Waals surface area (Å²) in [5.41, 5.74) is 4.46. The van der Waals surface area contributed by atoms with Gasteiger partial charge in [0.1, 0.15) is 6.61 Å². The molecule has 0 saturated carbocycles. The molecule has 0 unspecified atom stereocenters. The Morgan fingerprint density at radius 3 is 2.41 bits per heavy atom. The zero-order valence-electron chi connectivity index (χ0n) is 16.7. The molecule has 0 saturated heterocycles. The van der Waals surface area contributed by atoms with Gasteiger partial charge in [-0.25, -0.2) is 0 Å². The summed E-state index contributed by atoms with van der Waals surface area (Å²) in [6.07, 6.45) is 0.993. The molecule has 3 rings (SSSR count). The molecule has 0 spiro atoms. The van der Waals surface area contributed by atoms with E-state index in [9.17, 15) is 0 Å². The minimum atomic E-state index is 0.345. The summed E-state index contributed by atoms with van der Waals surface area (Å²) in [5.74, 6) is 1.41. The average molecular weight is 430 g/mol. The molecule has 0 heterocycles. The Morgan fingerprint density at radius 1 is 0.828 bits per heavy atom. The van der Waals surface area contributed by atoms with Gasteiger partial charge in [0.05, 0.1) is 6.61 Å². The van der Waals surface area contributed by atoms with E-state index in [1.807, 2.05) is 37.3 Å². The molecule has 0 radical (unpaired) electrons. The summed E-state index contributed by atoms with van der Waals surface area (Å²) in [5, 5.41) is 4.71. The van der Waals surface area contributed by atoms with Crippen molar-refractivity contribution in [2.75, 3.05) is 11.9 Å². The van der Waals surface area contributed by atoms with Crippen LogP contribution in [0.25, 0.3) is 0 Å². The van der Waals surface area contributed by atoms with E-state index >= 15 is 0 Å². The molecule has 0 aliphatic heterocycles. The van der Waals surface area contributed by atoms with Crippen LogP contribution >= 0.6 is 23.2 Å². The maximum absolute atomic E-state index is 6.24. The lowest BCUT2D eigenvalue weighted by Crippen LogP contribution is -2.04. The summed E-state index contributed by atoms with van der Waals surface area (Å²) < 4.78 is 11.8. The first-order chi connectivity index (χ1) is 14.1. The molecule has 0 amide bonds. The second-order valence-corrected chi connectivity index (χ2v) is 7.45. The highest BCUT2D eigenvalue weighted by molar-refractivity contribution is 6.35. The van der Waals surface area contributed by atoms with Gasteiger partial charge in [-0.1, -0.05) is 60.5 Å². The second-order valence-electron chi connectivity index (χ2n) is 6.60. The van der Waals surface area contributed by atoms with Crippen LogP contribution in [-0.2, 0) is 19.6 Å². The molecule has 3 aromatic carbocycles. The van der Waals surface area contributed by atoms with Gasteiger partial charge in [0.2, 0.25) is 0 Å². The zero-order chi connectivity index (χ0) is 20.6. The SMILES string of the molecule is CCOc1cc(CNc2ccccc2CC)ccc1OCc1ccc(Cl)cc1Cl. The van der Waals surface area contributed by atoms with E-state index in [1.54, 1.807) is 12.1 Å². The van der Waals surface area contributed by atoms with E-state index in [4.69, 9.17) is 32.7 Å². The number of nitrogens with one attached hydrogen (secondary N) is 1. The number of benzene rings is 3. The lowest BCUT2D eigenvalue weighted by atomic mass is 10.1. The van der Waals surface area contributed by atoms with Crippen LogP contribution in [0.15, 0.2) is 60.7 Å². The maximum Gasteiger partial charge on any atom is 0.161 e. The van der Waals surface area contributed by atoms with Gasteiger partial charge in [0.25, 0.3) is 0 Å². The standard InChI is InChI=1S/C24H25Cl2NO2/c1-3-18-7-5-6-8-22(18)27-15-17-9-12-23(24(13-17)28-4-2)29-16-19-10-11-20(25)14-21(19)26/h5-14,27H,3-4,15-16H2,1-2H3. The Kier molecular flexibility index (Phi) is 7.68. The van der Waals surface area contributed by atoms with Crippen molar-refractivity contribution in [2.45, 2.75) is 33.4 Å². The first-order valence-electron chi connectivity index (χ1n) is 9.75. The third-order valence-corrected chi connectivity index (χ3v) is 5.17. The number of hydrogen-bond donors (Lipinski definition) is 1. The fourth-order valence-corrected chi connectivity index (χ4v) is 3.51. The highest BCUT2D eigenvalue weighted by Gasteiger charge is 2.09. The topological polar surface area (TPSA) is 30.5 Å². The highest BCUT2D eigenvalue weighted by Crippen LogP contribution is 2.31. The number of rotatable bonds is 9. The number of anilines is 1. The Hall–Kier alpha value is -2.36. The van der Waals surface area contributed by atoms with Gasteiger partial charge in [-0.05, 0) is 54.8 Å². The van der Waals surface area contributed by atoms with Crippen LogP contribution in [0.5, 0.6) is 11.5 Å². The van der Waals surface area contributed by atoms with Gasteiger partial charge in [0, 0.05) is 27.8 Å². The van der Waals surface area contributed by atoms with Crippen molar-refractivity contribution in [3.63, 3.8) is 0 Å². The molecule has 5 heteroatoms. The molecule has 0 fully saturated rings. The zero-order valence-corrected chi connectivity index (χ0v) is 18.2. The van der Waals surface area contributed by atoms with Crippen molar-refractivity contribution in [2.24, 2.45) is 0 Å². The van der Waals surface area contributed by atoms with E-state index in [2.05, 4.69) is 30.4 Å². The molecule has 0 bridgehead atoms. The molecular formula is C24H25Cl2NO2. The molecule has 0 aliphatic rings. The molecule has 3 nitrogen and oxygen atoms in total. The summed E-state index contributed by atoms with van der Waals surface area (Å²) in [6.45, 7) is 5.74. The predicted octanol–water partition coefficient (Wildman–Crippen LogP) is 7.15. The molecule has 0 atom stereocenters. The Morgan fingerprint density at radius 2 is 1.66 bits per heavy atom. The molecule has 0 aromatic heterocycles. The maximum atomic E-state index is 6.24. The fraction of sp³-hybridized carbons (Fsp3) is 0.250. The van der Waals surface area contributed by atoms with Gasteiger partial charge in [-0.2, -0.15) is 0 Å². The summed E-state index contributed by atoms with van der Waals surface area (Å²) >= 11 is 12.2.